The van der Waals surface area contributed by atoms with Gasteiger partial charge >= 0.3 is 5.97 Å². The van der Waals surface area contributed by atoms with Crippen LogP contribution in [0, 0.1) is 0 Å². The molecule has 408 valence electrons. The van der Waals surface area contributed by atoms with Gasteiger partial charge in [0.1, 0.15) is 0 Å². The van der Waals surface area contributed by atoms with Crippen LogP contribution in [-0.4, -0.2) is 47.4 Å². The summed E-state index contributed by atoms with van der Waals surface area (Å²) >= 11 is 0. The summed E-state index contributed by atoms with van der Waals surface area (Å²) in [6.45, 7) is 4.90. The molecular weight excluding hydrogens is 851 g/mol. The molecule has 0 aliphatic carbocycles. The highest BCUT2D eigenvalue weighted by atomic mass is 16.5. The predicted molar refractivity (Wildman–Crippen MR) is 301 cm³/mol. The first-order chi connectivity index (χ1) is 34.0. The average molecular weight is 973 g/mol. The second-order valence-corrected chi connectivity index (χ2v) is 21.4. The molecule has 6 heteroatoms. The van der Waals surface area contributed by atoms with Gasteiger partial charge in [0.15, 0.2) is 0 Å². The molecule has 0 radical (unpaired) electrons. The average Bonchev–Trinajstić information content (AvgIpc) is 3.35. The third kappa shape index (κ3) is 55.5. The standard InChI is InChI=1S/C63H121NO5/c1-3-5-7-9-11-13-15-16-17-18-27-30-33-37-41-45-49-53-57-63(68)69-58-54-50-46-42-38-34-31-28-25-23-21-19-20-22-24-26-29-32-36-40-44-48-52-56-62(67)64-60(59-65)61(66)55-51-47-43-39-35-14-12-10-8-6-4-2/h17-18,51,55,60-61,65-66H,3-16,19-50,52-54,56-59H2,1-2H3,(H,64,67)/b18-17-,55-51+. The second-order valence-electron chi connectivity index (χ2n) is 21.4. The maximum atomic E-state index is 12.4. The molecule has 0 aliphatic rings. The first-order valence-corrected chi connectivity index (χ1v) is 31.1. The fourth-order valence-corrected chi connectivity index (χ4v) is 9.69. The molecule has 0 spiro atoms. The van der Waals surface area contributed by atoms with E-state index in [9.17, 15) is 19.8 Å². The van der Waals surface area contributed by atoms with Gasteiger partial charge in [-0.25, -0.2) is 0 Å². The minimum absolute atomic E-state index is 0.0112. The van der Waals surface area contributed by atoms with Gasteiger partial charge in [-0.05, 0) is 57.8 Å². The number of amides is 1. The Morgan fingerprint density at radius 3 is 1.03 bits per heavy atom. The van der Waals surface area contributed by atoms with Gasteiger partial charge < -0.3 is 20.3 Å². The van der Waals surface area contributed by atoms with Crippen molar-refractivity contribution in [2.24, 2.45) is 0 Å². The van der Waals surface area contributed by atoms with E-state index >= 15 is 0 Å². The molecule has 6 nitrogen and oxygen atoms in total. The van der Waals surface area contributed by atoms with Crippen LogP contribution in [0.5, 0.6) is 0 Å². The van der Waals surface area contributed by atoms with Crippen molar-refractivity contribution in [3.05, 3.63) is 24.3 Å². The lowest BCUT2D eigenvalue weighted by Crippen LogP contribution is -2.45. The number of ether oxygens (including phenoxy) is 1. The van der Waals surface area contributed by atoms with Crippen LogP contribution in [0.2, 0.25) is 0 Å². The highest BCUT2D eigenvalue weighted by molar-refractivity contribution is 5.76. The Bertz CT molecular complexity index is 1080. The van der Waals surface area contributed by atoms with Crippen molar-refractivity contribution in [3.63, 3.8) is 0 Å². The molecule has 0 aromatic rings. The molecule has 0 saturated carbocycles. The normalized spacial score (nSPS) is 12.7. The molecule has 0 aliphatic heterocycles. The third-order valence-corrected chi connectivity index (χ3v) is 14.5. The zero-order valence-electron chi connectivity index (χ0n) is 46.6. The first-order valence-electron chi connectivity index (χ1n) is 31.1. The lowest BCUT2D eigenvalue weighted by Gasteiger charge is -2.20. The Labute approximate surface area is 431 Å². The second kappa shape index (κ2) is 58.9. The zero-order valence-corrected chi connectivity index (χ0v) is 46.6. The van der Waals surface area contributed by atoms with E-state index in [2.05, 4.69) is 31.3 Å². The van der Waals surface area contributed by atoms with Crippen molar-refractivity contribution in [1.82, 2.24) is 5.32 Å². The smallest absolute Gasteiger partial charge is 0.305 e. The minimum atomic E-state index is -0.842. The number of unbranched alkanes of at least 4 members (excludes halogenated alkanes) is 45. The van der Waals surface area contributed by atoms with E-state index in [1.165, 1.54) is 270 Å². The molecule has 1 amide bonds. The number of aliphatic hydroxyl groups excluding tert-OH is 2. The minimum Gasteiger partial charge on any atom is -0.466 e. The SMILES string of the molecule is CCCCCCCCC/C=C\CCCCCCCCCC(=O)OCCCCCCCCCCCCCCCCCCCCCCCCCC(=O)NC(CO)C(O)/C=C/CCCCCCCCCCC. The fourth-order valence-electron chi connectivity index (χ4n) is 9.69. The fraction of sp³-hybridized carbons (Fsp3) is 0.905. The summed E-state index contributed by atoms with van der Waals surface area (Å²) in [6.07, 6.45) is 72.2. The maximum Gasteiger partial charge on any atom is 0.305 e. The van der Waals surface area contributed by atoms with E-state index in [0.29, 0.717) is 19.4 Å². The Morgan fingerprint density at radius 2 is 0.681 bits per heavy atom. The predicted octanol–water partition coefficient (Wildman–Crippen LogP) is 19.4. The summed E-state index contributed by atoms with van der Waals surface area (Å²) in [5, 5.41) is 23.0. The summed E-state index contributed by atoms with van der Waals surface area (Å²) in [4.78, 5) is 24.5. The number of hydrogen-bond acceptors (Lipinski definition) is 5. The quantitative estimate of drug-likeness (QED) is 0.0321. The van der Waals surface area contributed by atoms with Crippen LogP contribution in [-0.2, 0) is 14.3 Å². The van der Waals surface area contributed by atoms with Crippen LogP contribution in [0.3, 0.4) is 0 Å². The van der Waals surface area contributed by atoms with Crippen LogP contribution in [0.1, 0.15) is 341 Å². The zero-order chi connectivity index (χ0) is 50.0. The molecule has 0 saturated heterocycles. The van der Waals surface area contributed by atoms with E-state index in [0.717, 1.165) is 44.9 Å². The molecule has 0 bridgehead atoms. The summed E-state index contributed by atoms with van der Waals surface area (Å²) in [6, 6.07) is -0.626. The van der Waals surface area contributed by atoms with Crippen molar-refractivity contribution in [1.29, 1.82) is 0 Å². The van der Waals surface area contributed by atoms with Gasteiger partial charge in [-0.15, -0.1) is 0 Å². The van der Waals surface area contributed by atoms with Crippen molar-refractivity contribution < 1.29 is 24.5 Å². The van der Waals surface area contributed by atoms with E-state index in [1.807, 2.05) is 6.08 Å². The Balaban J connectivity index is 3.35. The highest BCUT2D eigenvalue weighted by Gasteiger charge is 2.18. The molecular formula is C63H121NO5. The number of carbonyl (C=O) groups excluding carboxylic acids is 2. The molecule has 0 aromatic carbocycles. The van der Waals surface area contributed by atoms with E-state index < -0.39 is 12.1 Å². The van der Waals surface area contributed by atoms with Gasteiger partial charge in [-0.1, -0.05) is 295 Å². The monoisotopic (exact) mass is 972 g/mol. The van der Waals surface area contributed by atoms with Crippen LogP contribution in [0.4, 0.5) is 0 Å². The largest absolute Gasteiger partial charge is 0.466 e. The summed E-state index contributed by atoms with van der Waals surface area (Å²) in [5.41, 5.74) is 0. The van der Waals surface area contributed by atoms with Crippen molar-refractivity contribution >= 4 is 11.9 Å². The highest BCUT2D eigenvalue weighted by Crippen LogP contribution is 2.18. The Morgan fingerprint density at radius 1 is 0.391 bits per heavy atom. The molecule has 69 heavy (non-hydrogen) atoms. The topological polar surface area (TPSA) is 95.9 Å². The molecule has 0 heterocycles. The molecule has 0 aromatic heterocycles. The van der Waals surface area contributed by atoms with E-state index in [4.69, 9.17) is 4.74 Å². The molecule has 0 rings (SSSR count). The maximum absolute atomic E-state index is 12.4. The number of nitrogens with one attached hydrogen (secondary N) is 1. The summed E-state index contributed by atoms with van der Waals surface area (Å²) < 4.78 is 5.50. The van der Waals surface area contributed by atoms with E-state index in [1.54, 1.807) is 6.08 Å². The van der Waals surface area contributed by atoms with Gasteiger partial charge in [-0.3, -0.25) is 9.59 Å². The van der Waals surface area contributed by atoms with E-state index in [-0.39, 0.29) is 18.5 Å². The number of carbonyl (C=O) groups is 2. The number of esters is 1. The third-order valence-electron chi connectivity index (χ3n) is 14.5. The Kier molecular flexibility index (Phi) is 57.5. The number of hydrogen-bond donors (Lipinski definition) is 3. The lowest BCUT2D eigenvalue weighted by atomic mass is 10.0. The van der Waals surface area contributed by atoms with Gasteiger partial charge in [0.2, 0.25) is 5.91 Å². The van der Waals surface area contributed by atoms with Gasteiger partial charge in [0.05, 0.1) is 25.4 Å². The summed E-state index contributed by atoms with van der Waals surface area (Å²) in [5.74, 6) is -0.0566. The Hall–Kier alpha value is -1.66. The molecule has 2 unspecified atom stereocenters. The first kappa shape index (κ1) is 67.3. The summed E-state index contributed by atoms with van der Waals surface area (Å²) in [7, 11) is 0. The number of rotatable bonds is 58. The van der Waals surface area contributed by atoms with Gasteiger partial charge in [0, 0.05) is 12.8 Å². The molecule has 3 N–H and O–H groups in total. The van der Waals surface area contributed by atoms with Crippen LogP contribution in [0.25, 0.3) is 0 Å². The molecule has 0 fully saturated rings. The van der Waals surface area contributed by atoms with Crippen molar-refractivity contribution in [2.75, 3.05) is 13.2 Å². The van der Waals surface area contributed by atoms with Gasteiger partial charge in [-0.2, -0.15) is 0 Å². The van der Waals surface area contributed by atoms with Crippen LogP contribution >= 0.6 is 0 Å². The number of aliphatic hydroxyl groups is 2. The molecule has 2 atom stereocenters. The van der Waals surface area contributed by atoms with Crippen molar-refractivity contribution in [2.45, 2.75) is 353 Å². The lowest BCUT2D eigenvalue weighted by molar-refractivity contribution is -0.143. The van der Waals surface area contributed by atoms with Crippen LogP contribution in [0.15, 0.2) is 24.3 Å². The van der Waals surface area contributed by atoms with Crippen molar-refractivity contribution in [3.8, 4) is 0 Å². The van der Waals surface area contributed by atoms with Crippen LogP contribution < -0.4 is 5.32 Å². The number of allylic oxidation sites excluding steroid dienone is 3. The van der Waals surface area contributed by atoms with Gasteiger partial charge in [0.25, 0.3) is 0 Å².